The molecule has 1 aliphatic carbocycles. The summed E-state index contributed by atoms with van der Waals surface area (Å²) in [5.74, 6) is 0.790. The Labute approximate surface area is 274 Å². The van der Waals surface area contributed by atoms with Crippen LogP contribution in [0.25, 0.3) is 11.0 Å². The Hall–Kier alpha value is -5.44. The zero-order valence-corrected chi connectivity index (χ0v) is 26.8. The molecular weight excluding hydrogens is 588 g/mol. The molecule has 0 unspecified atom stereocenters. The van der Waals surface area contributed by atoms with Crippen LogP contribution in [0.4, 0.5) is 11.4 Å². The molecule has 1 saturated carbocycles. The van der Waals surface area contributed by atoms with Crippen LogP contribution in [0.1, 0.15) is 65.0 Å². The minimum absolute atomic E-state index is 0.0279. The Morgan fingerprint density at radius 3 is 2.19 bits per heavy atom. The van der Waals surface area contributed by atoms with E-state index < -0.39 is 0 Å². The lowest BCUT2D eigenvalue weighted by Gasteiger charge is -2.25. The third kappa shape index (κ3) is 7.52. The van der Waals surface area contributed by atoms with Crippen molar-refractivity contribution < 1.29 is 14.3 Å². The van der Waals surface area contributed by atoms with Crippen LogP contribution in [0.3, 0.4) is 0 Å². The fourth-order valence-corrected chi connectivity index (χ4v) is 5.98. The molecule has 1 aliphatic rings. The van der Waals surface area contributed by atoms with Gasteiger partial charge in [-0.05, 0) is 106 Å². The normalized spacial score (nSPS) is 13.3. The molecule has 5 aromatic rings. The number of hydrogen-bond donors (Lipinski definition) is 3. The smallest absolute Gasteiger partial charge is 0.258 e. The number of imidazole rings is 1. The largest absolute Gasteiger partial charge is 0.490 e. The quantitative estimate of drug-likeness (QED) is 0.112. The highest BCUT2D eigenvalue weighted by molar-refractivity contribution is 6.06. The molecule has 1 fully saturated rings. The van der Waals surface area contributed by atoms with Gasteiger partial charge in [0.1, 0.15) is 24.0 Å². The van der Waals surface area contributed by atoms with E-state index in [9.17, 15) is 9.59 Å². The first-order valence-corrected chi connectivity index (χ1v) is 16.1. The second kappa shape index (κ2) is 13.9. The van der Waals surface area contributed by atoms with Gasteiger partial charge in [0.2, 0.25) is 5.91 Å². The zero-order valence-electron chi connectivity index (χ0n) is 26.8. The molecule has 240 valence electrons. The molecule has 1 aromatic heterocycles. The number of fused-ring (bicyclic) bond motifs is 1. The second-order valence-corrected chi connectivity index (χ2v) is 12.3. The van der Waals surface area contributed by atoms with Gasteiger partial charge in [0.25, 0.3) is 5.91 Å². The van der Waals surface area contributed by atoms with Gasteiger partial charge in [-0.2, -0.15) is 0 Å². The molecule has 1 heterocycles. The third-order valence-corrected chi connectivity index (χ3v) is 8.62. The van der Waals surface area contributed by atoms with Crippen molar-refractivity contribution in [3.05, 3.63) is 119 Å². The van der Waals surface area contributed by atoms with E-state index >= 15 is 0 Å². The van der Waals surface area contributed by atoms with Gasteiger partial charge < -0.3 is 25.3 Å². The van der Waals surface area contributed by atoms with Gasteiger partial charge in [-0.25, -0.2) is 4.98 Å². The van der Waals surface area contributed by atoms with E-state index in [0.717, 1.165) is 29.7 Å². The van der Waals surface area contributed by atoms with Crippen molar-refractivity contribution in [2.24, 2.45) is 5.73 Å². The number of carbonyl (C=O) groups is 2. The summed E-state index contributed by atoms with van der Waals surface area (Å²) in [6, 6.07) is 28.0. The van der Waals surface area contributed by atoms with Gasteiger partial charge in [0.05, 0.1) is 23.7 Å². The van der Waals surface area contributed by atoms with Gasteiger partial charge in [0.15, 0.2) is 0 Å². The van der Waals surface area contributed by atoms with E-state index in [1.807, 2.05) is 97.3 Å². The van der Waals surface area contributed by atoms with Crippen LogP contribution < -0.4 is 20.7 Å². The van der Waals surface area contributed by atoms with E-state index in [1.54, 1.807) is 17.0 Å². The van der Waals surface area contributed by atoms with Gasteiger partial charge in [-0.15, -0.1) is 0 Å². The molecule has 0 bridgehead atoms. The lowest BCUT2D eigenvalue weighted by Crippen LogP contribution is -2.32. The number of amides is 2. The molecule has 2 amide bonds. The Kier molecular flexibility index (Phi) is 9.33. The maximum atomic E-state index is 14.2. The molecule has 0 aliphatic heterocycles. The van der Waals surface area contributed by atoms with Crippen LogP contribution in [0.5, 0.6) is 5.75 Å². The molecule has 0 atom stereocenters. The highest BCUT2D eigenvalue weighted by Crippen LogP contribution is 2.28. The van der Waals surface area contributed by atoms with Crippen LogP contribution in [-0.4, -0.2) is 33.3 Å². The number of nitrogens with one attached hydrogen (secondary N) is 2. The van der Waals surface area contributed by atoms with E-state index in [0.29, 0.717) is 39.4 Å². The lowest BCUT2D eigenvalue weighted by molar-refractivity contribution is -0.116. The maximum Gasteiger partial charge on any atom is 0.258 e. The zero-order chi connectivity index (χ0) is 32.9. The Bertz CT molecular complexity index is 1890. The fourth-order valence-electron chi connectivity index (χ4n) is 5.98. The average molecular weight is 629 g/mol. The lowest BCUT2D eigenvalue weighted by atomic mass is 9.98. The number of aromatic nitrogens is 2. The first kappa shape index (κ1) is 31.5. The summed E-state index contributed by atoms with van der Waals surface area (Å²) in [7, 11) is 0. The molecule has 0 saturated heterocycles. The number of hydrogen-bond acceptors (Lipinski definition) is 5. The Morgan fingerprint density at radius 2 is 1.53 bits per heavy atom. The summed E-state index contributed by atoms with van der Waals surface area (Å²) in [6.45, 7) is 4.04. The predicted octanol–water partition coefficient (Wildman–Crippen LogP) is 7.13. The van der Waals surface area contributed by atoms with Gasteiger partial charge in [0, 0.05) is 22.5 Å². The number of aryl methyl sites for hydroxylation is 2. The second-order valence-electron chi connectivity index (χ2n) is 12.3. The summed E-state index contributed by atoms with van der Waals surface area (Å²) >= 11 is 0. The maximum absolute atomic E-state index is 14.2. The molecule has 9 nitrogen and oxygen atoms in total. The summed E-state index contributed by atoms with van der Waals surface area (Å²) in [6.07, 6.45) is 5.94. The minimum atomic E-state index is -0.231. The number of carbonyl (C=O) groups excluding carboxylic acids is 2. The SMILES string of the molecule is Cc1ccc(NC(=O)Cn2c(CN(C(=O)c3ccc(C)cc3)c3ccc(OC4CCCCC4)cc3)nc3cc(C(=N)N)ccc32)cc1. The topological polar surface area (TPSA) is 126 Å². The van der Waals surface area contributed by atoms with E-state index in [4.69, 9.17) is 20.9 Å². The molecule has 0 radical (unpaired) electrons. The first-order chi connectivity index (χ1) is 22.7. The number of ether oxygens (including phenoxy) is 1. The molecule has 9 heteroatoms. The standard InChI is InChI=1S/C38H40N6O3/c1-25-8-12-27(13-9-25)38(46)43(30-17-19-32(20-18-30)47-31-6-4-3-5-7-31)23-35-42-33-22-28(37(39)40)14-21-34(33)44(35)24-36(45)41-29-15-10-26(2)11-16-29/h8-22,31H,3-7,23-24H2,1-2H3,(H3,39,40)(H,41,45). The monoisotopic (exact) mass is 628 g/mol. The average Bonchev–Trinajstić information content (AvgIpc) is 3.41. The highest BCUT2D eigenvalue weighted by atomic mass is 16.5. The van der Waals surface area contributed by atoms with Gasteiger partial charge >= 0.3 is 0 Å². The van der Waals surface area contributed by atoms with Crippen LogP contribution in [0.2, 0.25) is 0 Å². The van der Waals surface area contributed by atoms with E-state index in [1.165, 1.54) is 19.3 Å². The third-order valence-electron chi connectivity index (χ3n) is 8.62. The number of benzene rings is 4. The van der Waals surface area contributed by atoms with E-state index in [-0.39, 0.29) is 36.8 Å². The van der Waals surface area contributed by atoms with Crippen molar-refractivity contribution in [3.63, 3.8) is 0 Å². The van der Waals surface area contributed by atoms with E-state index in [2.05, 4.69) is 5.32 Å². The molecule has 4 aromatic carbocycles. The highest BCUT2D eigenvalue weighted by Gasteiger charge is 2.24. The van der Waals surface area contributed by atoms with Crippen molar-refractivity contribution in [1.82, 2.24) is 9.55 Å². The number of nitrogens with two attached hydrogens (primary N) is 1. The number of nitrogens with zero attached hydrogens (tertiary/aromatic N) is 3. The molecule has 47 heavy (non-hydrogen) atoms. The fraction of sp³-hybridized carbons (Fsp3) is 0.263. The van der Waals surface area contributed by atoms with Crippen molar-refractivity contribution >= 4 is 40.1 Å². The summed E-state index contributed by atoms with van der Waals surface area (Å²) in [5.41, 5.74) is 11.7. The van der Waals surface area contributed by atoms with Crippen LogP contribution in [0.15, 0.2) is 91.0 Å². The number of anilines is 2. The molecular formula is C38H40N6O3. The van der Waals surface area contributed by atoms with Gasteiger partial charge in [-0.3, -0.25) is 15.0 Å². The van der Waals surface area contributed by atoms with Crippen molar-refractivity contribution in [1.29, 1.82) is 5.41 Å². The Balaban J connectivity index is 1.35. The first-order valence-electron chi connectivity index (χ1n) is 16.1. The Morgan fingerprint density at radius 1 is 0.894 bits per heavy atom. The molecule has 6 rings (SSSR count). The molecule has 0 spiro atoms. The summed E-state index contributed by atoms with van der Waals surface area (Å²) in [5, 5.41) is 10.9. The number of amidine groups is 1. The van der Waals surface area contributed by atoms with Crippen LogP contribution in [0, 0.1) is 19.3 Å². The van der Waals surface area contributed by atoms with Crippen LogP contribution in [-0.2, 0) is 17.9 Å². The predicted molar refractivity (Wildman–Crippen MR) is 186 cm³/mol. The summed E-state index contributed by atoms with van der Waals surface area (Å²) < 4.78 is 8.08. The number of nitrogen functional groups attached to an aromatic ring is 1. The van der Waals surface area contributed by atoms with Crippen molar-refractivity contribution in [2.45, 2.75) is 65.1 Å². The van der Waals surface area contributed by atoms with Crippen LogP contribution >= 0.6 is 0 Å². The molecule has 4 N–H and O–H groups in total. The van der Waals surface area contributed by atoms with Crippen molar-refractivity contribution in [2.75, 3.05) is 10.2 Å². The number of rotatable bonds is 10. The van der Waals surface area contributed by atoms with Gasteiger partial charge in [-0.1, -0.05) is 41.8 Å². The van der Waals surface area contributed by atoms with Crippen molar-refractivity contribution in [3.8, 4) is 5.75 Å². The minimum Gasteiger partial charge on any atom is -0.490 e. The summed E-state index contributed by atoms with van der Waals surface area (Å²) in [4.78, 5) is 34.1.